The van der Waals surface area contributed by atoms with Crippen molar-refractivity contribution < 1.29 is 23.4 Å². The predicted molar refractivity (Wildman–Crippen MR) is 56.1 cm³/mol. The fourth-order valence-corrected chi connectivity index (χ4v) is 2.03. The highest BCUT2D eigenvalue weighted by Gasteiger charge is 2.46. The van der Waals surface area contributed by atoms with Crippen molar-refractivity contribution in [1.82, 2.24) is 0 Å². The van der Waals surface area contributed by atoms with Gasteiger partial charge in [-0.3, -0.25) is 4.79 Å². The Balaban J connectivity index is 2.40. The Bertz CT molecular complexity index is 467. The van der Waals surface area contributed by atoms with Gasteiger partial charge < -0.3 is 9.84 Å². The van der Waals surface area contributed by atoms with E-state index in [1.165, 1.54) is 13.2 Å². The van der Waals surface area contributed by atoms with E-state index in [1.54, 1.807) is 0 Å². The van der Waals surface area contributed by atoms with Crippen LogP contribution in [-0.2, 0) is 10.2 Å². The predicted octanol–water partition coefficient (Wildman–Crippen LogP) is 2.48. The van der Waals surface area contributed by atoms with Crippen molar-refractivity contribution in [3.05, 3.63) is 29.3 Å². The first-order valence-corrected chi connectivity index (χ1v) is 5.24. The highest BCUT2D eigenvalue weighted by Crippen LogP contribution is 2.52. The zero-order chi connectivity index (χ0) is 12.6. The molecule has 0 unspecified atom stereocenters. The van der Waals surface area contributed by atoms with Crippen molar-refractivity contribution in [3.8, 4) is 5.75 Å². The van der Waals surface area contributed by atoms with Crippen molar-refractivity contribution >= 4 is 5.97 Å². The summed E-state index contributed by atoms with van der Waals surface area (Å²) in [6, 6.07) is 2.45. The average Bonchev–Trinajstić information content (AvgIpc) is 3.01. The number of carboxylic acids is 1. The summed E-state index contributed by atoms with van der Waals surface area (Å²) >= 11 is 0. The van der Waals surface area contributed by atoms with Crippen LogP contribution in [-0.4, -0.2) is 18.2 Å². The molecule has 1 aliphatic rings. The van der Waals surface area contributed by atoms with Crippen molar-refractivity contribution in [2.75, 3.05) is 7.11 Å². The normalized spacial score (nSPS) is 16.6. The molecule has 0 aliphatic heterocycles. The van der Waals surface area contributed by atoms with Gasteiger partial charge in [-0.1, -0.05) is 0 Å². The van der Waals surface area contributed by atoms with E-state index in [2.05, 4.69) is 0 Å². The molecule has 5 heteroatoms. The number of carbonyl (C=O) groups is 1. The summed E-state index contributed by atoms with van der Waals surface area (Å²) in [5, 5.41) is 8.80. The first-order chi connectivity index (χ1) is 7.98. The molecule has 0 radical (unpaired) electrons. The minimum absolute atomic E-state index is 0.0682. The summed E-state index contributed by atoms with van der Waals surface area (Å²) in [6.07, 6.45) is 1.28. The first kappa shape index (κ1) is 11.8. The molecule has 1 N–H and O–H groups in total. The topological polar surface area (TPSA) is 46.5 Å². The minimum Gasteiger partial charge on any atom is -0.494 e. The molecular weight excluding hydrogens is 230 g/mol. The van der Waals surface area contributed by atoms with Crippen LogP contribution in [0.2, 0.25) is 0 Å². The molecule has 1 aromatic rings. The van der Waals surface area contributed by atoms with E-state index in [4.69, 9.17) is 9.84 Å². The van der Waals surface area contributed by atoms with E-state index < -0.39 is 23.0 Å². The molecule has 1 fully saturated rings. The lowest BCUT2D eigenvalue weighted by Crippen LogP contribution is -2.13. The number of hydrogen-bond acceptors (Lipinski definition) is 2. The highest BCUT2D eigenvalue weighted by atomic mass is 19.2. The van der Waals surface area contributed by atoms with Crippen LogP contribution in [0, 0.1) is 11.6 Å². The number of methoxy groups -OCH3 is 1. The Morgan fingerprint density at radius 3 is 2.59 bits per heavy atom. The molecule has 0 saturated heterocycles. The van der Waals surface area contributed by atoms with Gasteiger partial charge in [-0.25, -0.2) is 4.39 Å². The van der Waals surface area contributed by atoms with E-state index in [0.717, 1.165) is 6.07 Å². The number of ether oxygens (including phenoxy) is 1. The van der Waals surface area contributed by atoms with Crippen LogP contribution < -0.4 is 4.74 Å². The van der Waals surface area contributed by atoms with E-state index in [0.29, 0.717) is 18.4 Å². The lowest BCUT2D eigenvalue weighted by molar-refractivity contribution is -0.137. The van der Waals surface area contributed by atoms with Gasteiger partial charge in [0.2, 0.25) is 5.82 Å². The third-order valence-electron chi connectivity index (χ3n) is 3.17. The Morgan fingerprint density at radius 2 is 2.12 bits per heavy atom. The van der Waals surface area contributed by atoms with Crippen LogP contribution in [0.15, 0.2) is 12.1 Å². The number of halogens is 2. The Hall–Kier alpha value is -1.65. The SMILES string of the molecule is COc1cc(C2(CC(=O)O)CC2)cc(F)c1F. The summed E-state index contributed by atoms with van der Waals surface area (Å²) in [5.41, 5.74) is -0.0520. The smallest absolute Gasteiger partial charge is 0.304 e. The quantitative estimate of drug-likeness (QED) is 0.882. The lowest BCUT2D eigenvalue weighted by atomic mass is 9.92. The second-order valence-corrected chi connectivity index (χ2v) is 4.33. The van der Waals surface area contributed by atoms with E-state index in [9.17, 15) is 13.6 Å². The summed E-state index contributed by atoms with van der Waals surface area (Å²) in [4.78, 5) is 10.7. The fraction of sp³-hybridized carbons (Fsp3) is 0.417. The Labute approximate surface area is 97.0 Å². The number of aliphatic carboxylic acids is 1. The van der Waals surface area contributed by atoms with Crippen LogP contribution in [0.4, 0.5) is 8.78 Å². The second kappa shape index (κ2) is 3.98. The van der Waals surface area contributed by atoms with Gasteiger partial charge in [0, 0.05) is 5.41 Å². The summed E-state index contributed by atoms with van der Waals surface area (Å²) in [7, 11) is 1.25. The molecule has 92 valence electrons. The van der Waals surface area contributed by atoms with E-state index in [-0.39, 0.29) is 12.2 Å². The van der Waals surface area contributed by atoms with Crippen molar-refractivity contribution in [1.29, 1.82) is 0 Å². The lowest BCUT2D eigenvalue weighted by Gasteiger charge is -2.15. The van der Waals surface area contributed by atoms with Crippen LogP contribution in [0.25, 0.3) is 0 Å². The third kappa shape index (κ3) is 2.09. The fourth-order valence-electron chi connectivity index (χ4n) is 2.03. The van der Waals surface area contributed by atoms with Gasteiger partial charge in [0.1, 0.15) is 0 Å². The number of rotatable bonds is 4. The number of hydrogen-bond donors (Lipinski definition) is 1. The molecular formula is C12H12F2O3. The van der Waals surface area contributed by atoms with Crippen molar-refractivity contribution in [2.24, 2.45) is 0 Å². The van der Waals surface area contributed by atoms with Crippen LogP contribution >= 0.6 is 0 Å². The molecule has 0 aromatic heterocycles. The molecule has 0 amide bonds. The Morgan fingerprint density at radius 1 is 1.47 bits per heavy atom. The van der Waals surface area contributed by atoms with E-state index in [1.807, 2.05) is 0 Å². The first-order valence-electron chi connectivity index (χ1n) is 5.24. The molecule has 1 saturated carbocycles. The molecule has 2 rings (SSSR count). The largest absolute Gasteiger partial charge is 0.494 e. The number of carboxylic acid groups (broad SMARTS) is 1. The van der Waals surface area contributed by atoms with Gasteiger partial charge in [0.05, 0.1) is 13.5 Å². The van der Waals surface area contributed by atoms with Gasteiger partial charge in [-0.15, -0.1) is 0 Å². The molecule has 1 aliphatic carbocycles. The molecule has 17 heavy (non-hydrogen) atoms. The van der Waals surface area contributed by atoms with Crippen molar-refractivity contribution in [3.63, 3.8) is 0 Å². The van der Waals surface area contributed by atoms with E-state index >= 15 is 0 Å². The van der Waals surface area contributed by atoms with Crippen molar-refractivity contribution in [2.45, 2.75) is 24.7 Å². The second-order valence-electron chi connectivity index (χ2n) is 4.33. The molecule has 3 nitrogen and oxygen atoms in total. The van der Waals surface area contributed by atoms with Gasteiger partial charge >= 0.3 is 5.97 Å². The van der Waals surface area contributed by atoms with Crippen LogP contribution in [0.5, 0.6) is 5.75 Å². The molecule has 1 aromatic carbocycles. The zero-order valence-electron chi connectivity index (χ0n) is 9.30. The van der Waals surface area contributed by atoms with Gasteiger partial charge in [-0.2, -0.15) is 4.39 Å². The summed E-state index contributed by atoms with van der Waals surface area (Å²) < 4.78 is 31.3. The Kier molecular flexibility index (Phi) is 2.77. The maximum Gasteiger partial charge on any atom is 0.304 e. The zero-order valence-corrected chi connectivity index (χ0v) is 9.30. The molecule has 0 bridgehead atoms. The summed E-state index contributed by atoms with van der Waals surface area (Å²) in [6.45, 7) is 0. The average molecular weight is 242 g/mol. The van der Waals surface area contributed by atoms with Gasteiger partial charge in [-0.05, 0) is 30.5 Å². The minimum atomic E-state index is -1.04. The maximum absolute atomic E-state index is 13.3. The standard InChI is InChI=1S/C12H12F2O3/c1-17-9-5-7(4-8(13)11(9)14)12(2-3-12)6-10(15)16/h4-5H,2-3,6H2,1H3,(H,15,16). The summed E-state index contributed by atoms with van der Waals surface area (Å²) in [5.74, 6) is -3.17. The number of benzene rings is 1. The molecule has 0 heterocycles. The van der Waals surface area contributed by atoms with Gasteiger partial charge in [0.15, 0.2) is 11.6 Å². The molecule has 0 spiro atoms. The maximum atomic E-state index is 13.3. The third-order valence-corrected chi connectivity index (χ3v) is 3.17. The van der Waals surface area contributed by atoms with Crippen LogP contribution in [0.1, 0.15) is 24.8 Å². The van der Waals surface area contributed by atoms with Gasteiger partial charge in [0.25, 0.3) is 0 Å². The highest BCUT2D eigenvalue weighted by molar-refractivity contribution is 5.70. The van der Waals surface area contributed by atoms with Crippen LogP contribution in [0.3, 0.4) is 0 Å². The monoisotopic (exact) mass is 242 g/mol. The molecule has 0 atom stereocenters.